The van der Waals surface area contributed by atoms with E-state index in [2.05, 4.69) is 18.4 Å². The molecule has 3 amide bonds. The Morgan fingerprint density at radius 1 is 1.07 bits per heavy atom. The molecule has 6 heteroatoms. The van der Waals surface area contributed by atoms with E-state index in [0.717, 1.165) is 12.0 Å². The lowest BCUT2D eigenvalue weighted by molar-refractivity contribution is -0.133. The molecule has 0 saturated carbocycles. The topological polar surface area (TPSA) is 43.9 Å². The number of amides is 3. The van der Waals surface area contributed by atoms with Crippen LogP contribution in [-0.4, -0.2) is 53.3 Å². The molecule has 0 saturated heterocycles. The second-order valence-electron chi connectivity index (χ2n) is 7.32. The number of benzene rings is 1. The third kappa shape index (κ3) is 5.83. The Hall–Kier alpha value is -2.34. The van der Waals surface area contributed by atoms with E-state index in [9.17, 15) is 9.59 Å². The summed E-state index contributed by atoms with van der Waals surface area (Å²) in [6, 6.07) is 11.9. The Kier molecular flexibility index (Phi) is 8.05. The number of hydrogen-bond donors (Lipinski definition) is 0. The van der Waals surface area contributed by atoms with Gasteiger partial charge in [0.25, 0.3) is 0 Å². The molecule has 28 heavy (non-hydrogen) atoms. The van der Waals surface area contributed by atoms with Gasteiger partial charge in [0, 0.05) is 31.6 Å². The van der Waals surface area contributed by atoms with E-state index in [1.54, 1.807) is 30.3 Å². The maximum Gasteiger partial charge on any atom is 0.320 e. The predicted octanol–water partition coefficient (Wildman–Crippen LogP) is 4.37. The molecule has 0 aliphatic carbocycles. The number of rotatable bonds is 8. The van der Waals surface area contributed by atoms with Crippen LogP contribution in [0.15, 0.2) is 41.8 Å². The van der Waals surface area contributed by atoms with Crippen molar-refractivity contribution in [3.8, 4) is 0 Å². The van der Waals surface area contributed by atoms with Gasteiger partial charge < -0.3 is 14.7 Å². The highest BCUT2D eigenvalue weighted by Crippen LogP contribution is 2.20. The Bertz CT molecular complexity index is 773. The lowest BCUT2D eigenvalue weighted by Gasteiger charge is -2.33. The molecule has 2 aromatic rings. The van der Waals surface area contributed by atoms with Gasteiger partial charge in [0.15, 0.2) is 0 Å². The van der Waals surface area contributed by atoms with Crippen LogP contribution in [0.4, 0.5) is 4.79 Å². The second kappa shape index (κ2) is 10.3. The van der Waals surface area contributed by atoms with Gasteiger partial charge in [0.2, 0.25) is 5.91 Å². The van der Waals surface area contributed by atoms with Crippen LogP contribution in [0.2, 0.25) is 0 Å². The zero-order valence-electron chi connectivity index (χ0n) is 17.5. The summed E-state index contributed by atoms with van der Waals surface area (Å²) < 4.78 is 0. The van der Waals surface area contributed by atoms with Crippen molar-refractivity contribution < 1.29 is 9.59 Å². The fourth-order valence-corrected chi connectivity index (χ4v) is 3.83. The zero-order valence-corrected chi connectivity index (χ0v) is 18.3. The summed E-state index contributed by atoms with van der Waals surface area (Å²) in [4.78, 5) is 32.1. The molecular formula is C22H31N3O2S. The van der Waals surface area contributed by atoms with E-state index in [-0.39, 0.29) is 24.5 Å². The highest BCUT2D eigenvalue weighted by atomic mass is 32.1. The van der Waals surface area contributed by atoms with Gasteiger partial charge in [-0.1, -0.05) is 37.3 Å². The van der Waals surface area contributed by atoms with Crippen LogP contribution in [0.3, 0.4) is 0 Å². The molecular weight excluding hydrogens is 370 g/mol. The number of thiophene rings is 1. The van der Waals surface area contributed by atoms with Crippen LogP contribution in [-0.2, 0) is 17.9 Å². The minimum atomic E-state index is -0.130. The molecule has 0 N–H and O–H groups in total. The van der Waals surface area contributed by atoms with Crippen molar-refractivity contribution in [1.29, 1.82) is 0 Å². The summed E-state index contributed by atoms with van der Waals surface area (Å²) in [6.45, 7) is 7.26. The largest absolute Gasteiger partial charge is 0.332 e. The lowest BCUT2D eigenvalue weighted by Crippen LogP contribution is -2.49. The average molecular weight is 402 g/mol. The molecule has 0 fully saturated rings. The summed E-state index contributed by atoms with van der Waals surface area (Å²) in [5, 5.41) is 2.05. The van der Waals surface area contributed by atoms with Gasteiger partial charge in [-0.15, -0.1) is 11.3 Å². The van der Waals surface area contributed by atoms with Crippen LogP contribution in [0.25, 0.3) is 0 Å². The fraction of sp³-hybridized carbons (Fsp3) is 0.455. The molecule has 5 nitrogen and oxygen atoms in total. The minimum absolute atomic E-state index is 0.000833. The van der Waals surface area contributed by atoms with E-state index in [1.807, 2.05) is 49.1 Å². The highest BCUT2D eigenvalue weighted by Gasteiger charge is 2.26. The maximum absolute atomic E-state index is 13.3. The first-order valence-electron chi connectivity index (χ1n) is 9.66. The highest BCUT2D eigenvalue weighted by molar-refractivity contribution is 7.10. The van der Waals surface area contributed by atoms with Crippen molar-refractivity contribution in [3.63, 3.8) is 0 Å². The van der Waals surface area contributed by atoms with Crippen LogP contribution in [0.1, 0.15) is 36.3 Å². The molecule has 0 aliphatic heterocycles. The summed E-state index contributed by atoms with van der Waals surface area (Å²) in [7, 11) is 3.44. The number of hydrogen-bond acceptors (Lipinski definition) is 3. The molecule has 0 spiro atoms. The first-order chi connectivity index (χ1) is 13.3. The molecule has 0 bridgehead atoms. The fourth-order valence-electron chi connectivity index (χ4n) is 2.91. The normalized spacial score (nSPS) is 11.8. The molecule has 1 heterocycles. The lowest BCUT2D eigenvalue weighted by atomic mass is 10.2. The van der Waals surface area contributed by atoms with Gasteiger partial charge in [0.1, 0.15) is 6.54 Å². The number of aryl methyl sites for hydroxylation is 1. The van der Waals surface area contributed by atoms with Crippen LogP contribution < -0.4 is 0 Å². The van der Waals surface area contributed by atoms with Gasteiger partial charge >= 0.3 is 6.03 Å². The second-order valence-corrected chi connectivity index (χ2v) is 8.33. The minimum Gasteiger partial charge on any atom is -0.332 e. The molecule has 1 aromatic heterocycles. The van der Waals surface area contributed by atoms with Crippen LogP contribution in [0, 0.1) is 6.92 Å². The molecule has 1 aromatic carbocycles. The van der Waals surface area contributed by atoms with Crippen molar-refractivity contribution in [2.24, 2.45) is 0 Å². The van der Waals surface area contributed by atoms with Crippen molar-refractivity contribution in [2.75, 3.05) is 20.6 Å². The van der Waals surface area contributed by atoms with Crippen molar-refractivity contribution in [1.82, 2.24) is 14.7 Å². The summed E-state index contributed by atoms with van der Waals surface area (Å²) >= 11 is 1.66. The van der Waals surface area contributed by atoms with E-state index in [0.29, 0.717) is 13.1 Å². The first kappa shape index (κ1) is 22.0. The molecule has 1 atom stereocenters. The number of carbonyl (C=O) groups is 2. The Morgan fingerprint density at radius 2 is 1.75 bits per heavy atom. The maximum atomic E-state index is 13.3. The Labute approximate surface area is 172 Å². The number of nitrogens with zero attached hydrogens (tertiary/aromatic N) is 3. The van der Waals surface area contributed by atoms with Crippen LogP contribution >= 0.6 is 11.3 Å². The van der Waals surface area contributed by atoms with Crippen molar-refractivity contribution in [3.05, 3.63) is 57.8 Å². The molecule has 0 aliphatic rings. The quantitative estimate of drug-likeness (QED) is 0.659. The van der Waals surface area contributed by atoms with Crippen LogP contribution in [0.5, 0.6) is 0 Å². The van der Waals surface area contributed by atoms with E-state index < -0.39 is 0 Å². The monoisotopic (exact) mass is 401 g/mol. The molecule has 0 radical (unpaired) electrons. The average Bonchev–Trinajstić information content (AvgIpc) is 3.09. The summed E-state index contributed by atoms with van der Waals surface area (Å²) in [6.07, 6.45) is 0.801. The zero-order chi connectivity index (χ0) is 20.7. The SMILES string of the molecule is CCC(C)N(CC(=O)N(Cc1ccccc1)Cc1sccc1C)C(=O)N(C)C. The summed E-state index contributed by atoms with van der Waals surface area (Å²) in [5.41, 5.74) is 2.28. The third-order valence-corrected chi connectivity index (χ3v) is 5.94. The number of urea groups is 1. The van der Waals surface area contributed by atoms with Gasteiger partial charge in [-0.3, -0.25) is 4.79 Å². The first-order valence-corrected chi connectivity index (χ1v) is 10.5. The van der Waals surface area contributed by atoms with Crippen molar-refractivity contribution >= 4 is 23.3 Å². The smallest absolute Gasteiger partial charge is 0.320 e. The predicted molar refractivity (Wildman–Crippen MR) is 115 cm³/mol. The molecule has 2 rings (SSSR count). The standard InChI is InChI=1S/C22H31N3O2S/c1-6-18(3)25(22(27)23(4)5)16-21(26)24(14-19-10-8-7-9-11-19)15-20-17(2)12-13-28-20/h7-13,18H,6,14-16H2,1-5H3. The third-order valence-electron chi connectivity index (χ3n) is 4.93. The van der Waals surface area contributed by atoms with Gasteiger partial charge in [-0.25, -0.2) is 4.79 Å². The summed E-state index contributed by atoms with van der Waals surface area (Å²) in [5.74, 6) is -0.0350. The van der Waals surface area contributed by atoms with E-state index in [4.69, 9.17) is 0 Å². The molecule has 152 valence electrons. The van der Waals surface area contributed by atoms with Crippen molar-refractivity contribution in [2.45, 2.75) is 46.3 Å². The van der Waals surface area contributed by atoms with Gasteiger partial charge in [0.05, 0.1) is 6.54 Å². The Morgan fingerprint density at radius 3 is 2.29 bits per heavy atom. The van der Waals surface area contributed by atoms with Gasteiger partial charge in [-0.05, 0) is 42.8 Å². The number of carbonyl (C=O) groups excluding carboxylic acids is 2. The van der Waals surface area contributed by atoms with E-state index >= 15 is 0 Å². The van der Waals surface area contributed by atoms with E-state index in [1.165, 1.54) is 15.3 Å². The Balaban J connectivity index is 2.23. The molecule has 1 unspecified atom stereocenters. The van der Waals surface area contributed by atoms with Gasteiger partial charge in [-0.2, -0.15) is 0 Å².